The second-order valence-electron chi connectivity index (χ2n) is 6.33. The number of likely N-dealkylation sites (tertiary alicyclic amines) is 1. The largest absolute Gasteiger partial charge is 0.465 e. The van der Waals surface area contributed by atoms with E-state index in [2.05, 4.69) is 10.3 Å². The number of benzene rings is 1. The predicted octanol–water partition coefficient (Wildman–Crippen LogP) is 1.21. The molecule has 28 heavy (non-hydrogen) atoms. The molecule has 0 radical (unpaired) electrons. The molecule has 1 aromatic carbocycles. The van der Waals surface area contributed by atoms with Crippen LogP contribution in [0, 0.1) is 0 Å². The monoisotopic (exact) mass is 388 g/mol. The molecule has 2 atom stereocenters. The lowest BCUT2D eigenvalue weighted by Gasteiger charge is -2.20. The zero-order valence-electron chi connectivity index (χ0n) is 14.9. The minimum absolute atomic E-state index is 0.00605. The van der Waals surface area contributed by atoms with E-state index in [-0.39, 0.29) is 26.0 Å². The highest BCUT2D eigenvalue weighted by atomic mass is 16.5. The van der Waals surface area contributed by atoms with Crippen molar-refractivity contribution in [1.29, 1.82) is 0 Å². The number of nitrogens with one attached hydrogen (secondary N) is 2. The van der Waals surface area contributed by atoms with E-state index in [9.17, 15) is 19.5 Å². The molecule has 0 spiro atoms. The third kappa shape index (κ3) is 4.35. The highest BCUT2D eigenvalue weighted by molar-refractivity contribution is 6.03. The van der Waals surface area contributed by atoms with Crippen molar-refractivity contribution in [2.24, 2.45) is 0 Å². The Kier molecular flexibility index (Phi) is 6.02. The first-order valence-electron chi connectivity index (χ1n) is 8.68. The van der Waals surface area contributed by atoms with E-state index >= 15 is 0 Å². The van der Waals surface area contributed by atoms with Gasteiger partial charge in [-0.3, -0.25) is 24.7 Å². The number of carboxylic acid groups (broad SMARTS) is 1. The minimum atomic E-state index is -1.23. The summed E-state index contributed by atoms with van der Waals surface area (Å²) < 4.78 is 5.49. The molecule has 4 N–H and O–H groups in total. The Hall–Kier alpha value is -3.24. The van der Waals surface area contributed by atoms with Gasteiger partial charge in [0.25, 0.3) is 0 Å². The molecule has 1 fully saturated rings. The van der Waals surface area contributed by atoms with E-state index < -0.39 is 30.1 Å². The number of pyridine rings is 1. The number of fused-ring (bicyclic) bond motifs is 1. The van der Waals surface area contributed by atoms with Crippen molar-refractivity contribution in [2.75, 3.05) is 18.5 Å². The number of nitrogens with zero attached hydrogens (tertiary/aromatic N) is 2. The third-order valence-corrected chi connectivity index (χ3v) is 4.51. The van der Waals surface area contributed by atoms with E-state index in [0.29, 0.717) is 11.2 Å². The van der Waals surface area contributed by atoms with E-state index in [1.54, 1.807) is 24.4 Å². The number of carbonyl (C=O) groups excluding carboxylic acids is 2. The van der Waals surface area contributed by atoms with Crippen LogP contribution in [0.25, 0.3) is 10.9 Å². The van der Waals surface area contributed by atoms with Crippen molar-refractivity contribution >= 4 is 34.5 Å². The molecule has 2 heterocycles. The molecule has 1 saturated heterocycles. The minimum Gasteiger partial charge on any atom is -0.465 e. The van der Waals surface area contributed by atoms with Gasteiger partial charge >= 0.3 is 6.09 Å². The molecule has 0 saturated carbocycles. The molecule has 0 aliphatic carbocycles. The molecular formula is C18H20N4O6. The highest BCUT2D eigenvalue weighted by Gasteiger charge is 2.40. The first-order valence-corrected chi connectivity index (χ1v) is 8.68. The zero-order chi connectivity index (χ0) is 20.1. The van der Waals surface area contributed by atoms with Gasteiger partial charge in [-0.15, -0.1) is 0 Å². The molecule has 1 aliphatic rings. The Balaban J connectivity index is 1.68. The fourth-order valence-electron chi connectivity index (χ4n) is 3.17. The lowest BCUT2D eigenvalue weighted by Crippen LogP contribution is -2.42. The molecule has 2 unspecified atom stereocenters. The van der Waals surface area contributed by atoms with Crippen LogP contribution in [0.15, 0.2) is 36.5 Å². The van der Waals surface area contributed by atoms with Crippen molar-refractivity contribution in [3.8, 4) is 0 Å². The maximum atomic E-state index is 12.8. The van der Waals surface area contributed by atoms with Crippen molar-refractivity contribution in [3.63, 3.8) is 0 Å². The van der Waals surface area contributed by atoms with E-state index in [4.69, 9.17) is 9.94 Å². The van der Waals surface area contributed by atoms with E-state index in [0.717, 1.165) is 10.3 Å². The molecule has 1 aliphatic heterocycles. The summed E-state index contributed by atoms with van der Waals surface area (Å²) in [6.45, 7) is 0.0219. The van der Waals surface area contributed by atoms with Crippen LogP contribution in [-0.4, -0.2) is 63.4 Å². The number of aromatic nitrogens is 1. The van der Waals surface area contributed by atoms with Crippen molar-refractivity contribution in [3.05, 3.63) is 36.5 Å². The van der Waals surface area contributed by atoms with Gasteiger partial charge in [0.15, 0.2) is 0 Å². The van der Waals surface area contributed by atoms with Crippen LogP contribution in [0.5, 0.6) is 0 Å². The van der Waals surface area contributed by atoms with Crippen LogP contribution in [0.4, 0.5) is 10.5 Å². The van der Waals surface area contributed by atoms with E-state index in [1.165, 1.54) is 5.48 Å². The van der Waals surface area contributed by atoms with Crippen LogP contribution < -0.4 is 10.8 Å². The topological polar surface area (TPSA) is 141 Å². The van der Waals surface area contributed by atoms with Crippen LogP contribution in [0.1, 0.15) is 12.8 Å². The number of ether oxygens (including phenoxy) is 1. The Bertz CT molecular complexity index is 884. The summed E-state index contributed by atoms with van der Waals surface area (Å²) in [6.07, 6.45) is -0.0430. The summed E-state index contributed by atoms with van der Waals surface area (Å²) in [5, 5.41) is 21.5. The SMILES string of the molecule is O=C(CCOC1CC(C(=O)Nc2cccc3cccnc23)N(C(=O)O)C1)NO. The fraction of sp³-hybridized carbons (Fsp3) is 0.333. The summed E-state index contributed by atoms with van der Waals surface area (Å²) in [5.74, 6) is -1.08. The average molecular weight is 388 g/mol. The Morgan fingerprint density at radius 1 is 1.25 bits per heavy atom. The normalized spacial score (nSPS) is 18.8. The standard InChI is InChI=1S/C18H20N4O6/c23-15(21-27)6-8-28-12-9-14(22(10-12)18(25)26)17(24)20-13-5-1-3-11-4-2-7-19-16(11)13/h1-5,7,12,14,27H,6,8-10H2,(H,20,24)(H,21,23)(H,25,26). The highest BCUT2D eigenvalue weighted by Crippen LogP contribution is 2.25. The number of rotatable bonds is 6. The summed E-state index contributed by atoms with van der Waals surface area (Å²) in [7, 11) is 0. The molecule has 1 aromatic heterocycles. The van der Waals surface area contributed by atoms with Crippen LogP contribution >= 0.6 is 0 Å². The first kappa shape index (κ1) is 19.5. The Morgan fingerprint density at radius 2 is 2.04 bits per heavy atom. The summed E-state index contributed by atoms with van der Waals surface area (Å²) in [5.41, 5.74) is 2.60. The van der Waals surface area contributed by atoms with Crippen LogP contribution in [0.2, 0.25) is 0 Å². The number of carbonyl (C=O) groups is 3. The summed E-state index contributed by atoms with van der Waals surface area (Å²) in [4.78, 5) is 40.6. The second-order valence-corrected chi connectivity index (χ2v) is 6.33. The zero-order valence-corrected chi connectivity index (χ0v) is 14.9. The fourth-order valence-corrected chi connectivity index (χ4v) is 3.17. The van der Waals surface area contributed by atoms with Gasteiger partial charge in [0.2, 0.25) is 11.8 Å². The molecule has 10 heteroatoms. The predicted molar refractivity (Wildman–Crippen MR) is 97.8 cm³/mol. The van der Waals surface area contributed by atoms with Gasteiger partial charge in [-0.1, -0.05) is 18.2 Å². The number of hydrogen-bond acceptors (Lipinski definition) is 6. The number of hydroxylamine groups is 1. The van der Waals surface area contributed by atoms with Crippen LogP contribution in [-0.2, 0) is 14.3 Å². The van der Waals surface area contributed by atoms with Gasteiger partial charge in [-0.25, -0.2) is 10.3 Å². The summed E-state index contributed by atoms with van der Waals surface area (Å²) in [6, 6.07) is 8.08. The van der Waals surface area contributed by atoms with E-state index in [1.807, 2.05) is 12.1 Å². The van der Waals surface area contributed by atoms with Crippen LogP contribution in [0.3, 0.4) is 0 Å². The number of para-hydroxylation sites is 1. The Labute approximate surface area is 160 Å². The average Bonchev–Trinajstić information content (AvgIpc) is 3.13. The molecule has 148 valence electrons. The number of amides is 3. The quantitative estimate of drug-likeness (QED) is 0.430. The maximum absolute atomic E-state index is 12.8. The first-order chi connectivity index (χ1) is 13.5. The van der Waals surface area contributed by atoms with Gasteiger partial charge in [0, 0.05) is 18.0 Å². The molecule has 10 nitrogen and oxygen atoms in total. The van der Waals surface area contributed by atoms with Gasteiger partial charge in [0.05, 0.1) is 36.9 Å². The molecule has 3 amide bonds. The third-order valence-electron chi connectivity index (χ3n) is 4.51. The van der Waals surface area contributed by atoms with Gasteiger partial charge in [-0.2, -0.15) is 0 Å². The summed E-state index contributed by atoms with van der Waals surface area (Å²) >= 11 is 0. The van der Waals surface area contributed by atoms with Crippen molar-refractivity contribution in [2.45, 2.75) is 25.0 Å². The van der Waals surface area contributed by atoms with Gasteiger partial charge in [-0.05, 0) is 12.1 Å². The number of anilines is 1. The lowest BCUT2D eigenvalue weighted by molar-refractivity contribution is -0.130. The molecule has 0 bridgehead atoms. The smallest absolute Gasteiger partial charge is 0.408 e. The van der Waals surface area contributed by atoms with Crippen molar-refractivity contribution in [1.82, 2.24) is 15.4 Å². The molecular weight excluding hydrogens is 368 g/mol. The number of hydrogen-bond donors (Lipinski definition) is 4. The van der Waals surface area contributed by atoms with Crippen molar-refractivity contribution < 1.29 is 29.4 Å². The maximum Gasteiger partial charge on any atom is 0.408 e. The molecule has 3 rings (SSSR count). The Morgan fingerprint density at radius 3 is 2.79 bits per heavy atom. The van der Waals surface area contributed by atoms with Gasteiger partial charge in [0.1, 0.15) is 6.04 Å². The van der Waals surface area contributed by atoms with Gasteiger partial charge < -0.3 is 15.2 Å². The second kappa shape index (κ2) is 8.63. The lowest BCUT2D eigenvalue weighted by atomic mass is 10.1. The molecule has 2 aromatic rings.